The summed E-state index contributed by atoms with van der Waals surface area (Å²) in [5.74, 6) is 0.0571. The van der Waals surface area contributed by atoms with Crippen LogP contribution < -0.4 is 10.6 Å². The van der Waals surface area contributed by atoms with E-state index in [1.54, 1.807) is 12.1 Å². The third kappa shape index (κ3) is 7.48. The fraction of sp³-hybridized carbons (Fsp3) is 0.212. The van der Waals surface area contributed by atoms with E-state index in [-0.39, 0.29) is 23.3 Å². The first-order chi connectivity index (χ1) is 19.8. The molecule has 0 aromatic heterocycles. The summed E-state index contributed by atoms with van der Waals surface area (Å²) >= 11 is 0. The summed E-state index contributed by atoms with van der Waals surface area (Å²) in [6, 6.07) is 30.4. The van der Waals surface area contributed by atoms with E-state index in [9.17, 15) is 18.0 Å². The molecule has 0 aliphatic carbocycles. The number of aryl methyl sites for hydroxylation is 1. The van der Waals surface area contributed by atoms with Crippen LogP contribution in [0, 0.1) is 6.92 Å². The van der Waals surface area contributed by atoms with Gasteiger partial charge in [-0.25, -0.2) is 8.42 Å². The molecule has 0 bridgehead atoms. The molecule has 1 heterocycles. The minimum Gasteiger partial charge on any atom is -0.348 e. The molecule has 0 atom stereocenters. The SMILES string of the molecule is Cc1ccc(C(=O)NCc2ccccc2)cc1-c1ccc(C(=O)Nc2ccc(CN3CCS(=O)(=O)CC3)cc2)cc1. The van der Waals surface area contributed by atoms with E-state index in [2.05, 4.69) is 15.5 Å². The highest BCUT2D eigenvalue weighted by molar-refractivity contribution is 7.91. The minimum absolute atomic E-state index is 0.138. The Hall–Kier alpha value is -4.27. The van der Waals surface area contributed by atoms with Crippen molar-refractivity contribution in [3.05, 3.63) is 125 Å². The van der Waals surface area contributed by atoms with Gasteiger partial charge in [0.15, 0.2) is 9.84 Å². The van der Waals surface area contributed by atoms with Gasteiger partial charge in [-0.3, -0.25) is 14.5 Å². The molecule has 8 heteroatoms. The van der Waals surface area contributed by atoms with Crippen LogP contribution in [0.5, 0.6) is 0 Å². The van der Waals surface area contributed by atoms with Gasteiger partial charge in [-0.1, -0.05) is 60.7 Å². The molecule has 4 aromatic carbocycles. The Morgan fingerprint density at radius 1 is 0.756 bits per heavy atom. The Labute approximate surface area is 241 Å². The second-order valence-electron chi connectivity index (χ2n) is 10.4. The summed E-state index contributed by atoms with van der Waals surface area (Å²) in [6.07, 6.45) is 0. The third-order valence-electron chi connectivity index (χ3n) is 7.31. The lowest BCUT2D eigenvalue weighted by atomic mass is 9.97. The number of carbonyl (C=O) groups is 2. The standard InChI is InChI=1S/C33H33N3O4S/c1-24-7-10-29(32(37)34-22-25-5-3-2-4-6-25)21-31(24)27-11-13-28(14-12-27)33(38)35-30-15-8-26(9-16-30)23-36-17-19-41(39,40)20-18-36/h2-16,21H,17-20,22-23H2,1H3,(H,34,37)(H,35,38). The predicted molar refractivity (Wildman–Crippen MR) is 163 cm³/mol. The molecule has 1 fully saturated rings. The largest absolute Gasteiger partial charge is 0.348 e. The van der Waals surface area contributed by atoms with Gasteiger partial charge < -0.3 is 10.6 Å². The van der Waals surface area contributed by atoms with Gasteiger partial charge >= 0.3 is 0 Å². The smallest absolute Gasteiger partial charge is 0.255 e. The molecule has 5 rings (SSSR count). The summed E-state index contributed by atoms with van der Waals surface area (Å²) in [4.78, 5) is 27.8. The van der Waals surface area contributed by atoms with E-state index in [4.69, 9.17) is 0 Å². The van der Waals surface area contributed by atoms with Crippen LogP contribution in [0.2, 0.25) is 0 Å². The lowest BCUT2D eigenvalue weighted by molar-refractivity contribution is 0.0950. The molecule has 0 saturated carbocycles. The van der Waals surface area contributed by atoms with Gasteiger partial charge in [-0.05, 0) is 71.1 Å². The Morgan fingerprint density at radius 2 is 1.41 bits per heavy atom. The van der Waals surface area contributed by atoms with Gasteiger partial charge in [-0.2, -0.15) is 0 Å². The molecule has 210 valence electrons. The number of sulfone groups is 1. The zero-order valence-electron chi connectivity index (χ0n) is 23.0. The highest BCUT2D eigenvalue weighted by Crippen LogP contribution is 2.26. The molecule has 0 spiro atoms. The van der Waals surface area contributed by atoms with Crippen LogP contribution in [0.4, 0.5) is 5.69 Å². The second-order valence-corrected chi connectivity index (χ2v) is 12.7. The monoisotopic (exact) mass is 567 g/mol. The minimum atomic E-state index is -2.90. The van der Waals surface area contributed by atoms with Crippen LogP contribution in [-0.4, -0.2) is 49.7 Å². The molecule has 1 saturated heterocycles. The van der Waals surface area contributed by atoms with E-state index in [0.29, 0.717) is 43.0 Å². The average Bonchev–Trinajstić information content (AvgIpc) is 2.99. The lowest BCUT2D eigenvalue weighted by Gasteiger charge is -2.26. The van der Waals surface area contributed by atoms with Crippen molar-refractivity contribution in [2.24, 2.45) is 0 Å². The summed E-state index contributed by atoms with van der Waals surface area (Å²) < 4.78 is 23.3. The van der Waals surface area contributed by atoms with Crippen molar-refractivity contribution in [1.29, 1.82) is 0 Å². The molecule has 1 aliphatic rings. The normalized spacial score (nSPS) is 14.8. The Kier molecular flexibility index (Phi) is 8.61. The van der Waals surface area contributed by atoms with E-state index in [1.165, 1.54) is 0 Å². The number of benzene rings is 4. The number of anilines is 1. The highest BCUT2D eigenvalue weighted by Gasteiger charge is 2.21. The lowest BCUT2D eigenvalue weighted by Crippen LogP contribution is -2.39. The first kappa shape index (κ1) is 28.3. The van der Waals surface area contributed by atoms with Crippen LogP contribution in [0.3, 0.4) is 0 Å². The van der Waals surface area contributed by atoms with E-state index in [1.807, 2.05) is 91.9 Å². The maximum absolute atomic E-state index is 12.9. The molecule has 41 heavy (non-hydrogen) atoms. The zero-order valence-corrected chi connectivity index (χ0v) is 23.8. The topological polar surface area (TPSA) is 95.6 Å². The molecular weight excluding hydrogens is 534 g/mol. The summed E-state index contributed by atoms with van der Waals surface area (Å²) in [7, 11) is -2.90. The van der Waals surface area contributed by atoms with Gasteiger partial charge in [-0.15, -0.1) is 0 Å². The molecule has 1 aliphatic heterocycles. The number of nitrogens with one attached hydrogen (secondary N) is 2. The van der Waals surface area contributed by atoms with Crippen molar-refractivity contribution in [1.82, 2.24) is 10.2 Å². The van der Waals surface area contributed by atoms with Crippen molar-refractivity contribution in [2.75, 3.05) is 29.9 Å². The van der Waals surface area contributed by atoms with E-state index >= 15 is 0 Å². The van der Waals surface area contributed by atoms with Gasteiger partial charge in [0.1, 0.15) is 0 Å². The van der Waals surface area contributed by atoms with Crippen molar-refractivity contribution in [2.45, 2.75) is 20.0 Å². The fourth-order valence-corrected chi connectivity index (χ4v) is 6.10. The number of nitrogens with zero attached hydrogens (tertiary/aromatic N) is 1. The average molecular weight is 568 g/mol. The number of rotatable bonds is 8. The molecule has 7 nitrogen and oxygen atoms in total. The highest BCUT2D eigenvalue weighted by atomic mass is 32.2. The third-order valence-corrected chi connectivity index (χ3v) is 8.92. The van der Waals surface area contributed by atoms with Gasteiger partial charge in [0.05, 0.1) is 11.5 Å². The van der Waals surface area contributed by atoms with Crippen LogP contribution in [0.1, 0.15) is 37.4 Å². The second kappa shape index (κ2) is 12.5. The number of hydrogen-bond donors (Lipinski definition) is 2. The van der Waals surface area contributed by atoms with Gasteiger partial charge in [0, 0.05) is 43.0 Å². The zero-order chi connectivity index (χ0) is 28.8. The molecule has 0 radical (unpaired) electrons. The summed E-state index contributed by atoms with van der Waals surface area (Å²) in [6.45, 7) is 4.23. The van der Waals surface area contributed by atoms with Crippen LogP contribution in [-0.2, 0) is 22.9 Å². The maximum Gasteiger partial charge on any atom is 0.255 e. The molecule has 2 N–H and O–H groups in total. The van der Waals surface area contributed by atoms with E-state index in [0.717, 1.165) is 27.8 Å². The fourth-order valence-electron chi connectivity index (χ4n) is 4.82. The number of hydrogen-bond acceptors (Lipinski definition) is 5. The Morgan fingerprint density at radius 3 is 2.10 bits per heavy atom. The van der Waals surface area contributed by atoms with E-state index < -0.39 is 9.84 Å². The van der Waals surface area contributed by atoms with Gasteiger partial charge in [0.2, 0.25) is 0 Å². The predicted octanol–water partition coefficient (Wildman–Crippen LogP) is 5.07. The molecular formula is C33H33N3O4S. The maximum atomic E-state index is 12.9. The first-order valence-corrected chi connectivity index (χ1v) is 15.4. The molecule has 0 unspecified atom stereocenters. The molecule has 2 amide bonds. The first-order valence-electron chi connectivity index (χ1n) is 13.6. The Balaban J connectivity index is 1.19. The van der Waals surface area contributed by atoms with Crippen molar-refractivity contribution in [3.8, 4) is 11.1 Å². The summed E-state index contributed by atoms with van der Waals surface area (Å²) in [5, 5.41) is 5.91. The summed E-state index contributed by atoms with van der Waals surface area (Å²) in [5.41, 5.74) is 6.80. The Bertz CT molecular complexity index is 1620. The van der Waals surface area contributed by atoms with Crippen LogP contribution in [0.25, 0.3) is 11.1 Å². The van der Waals surface area contributed by atoms with Crippen molar-refractivity contribution in [3.63, 3.8) is 0 Å². The van der Waals surface area contributed by atoms with Crippen molar-refractivity contribution < 1.29 is 18.0 Å². The quantitative estimate of drug-likeness (QED) is 0.310. The van der Waals surface area contributed by atoms with Gasteiger partial charge in [0.25, 0.3) is 11.8 Å². The van der Waals surface area contributed by atoms with Crippen molar-refractivity contribution >= 4 is 27.3 Å². The number of amides is 2. The van der Waals surface area contributed by atoms with Crippen LogP contribution in [0.15, 0.2) is 97.1 Å². The van der Waals surface area contributed by atoms with Crippen LogP contribution >= 0.6 is 0 Å². The number of carbonyl (C=O) groups excluding carboxylic acids is 2. The molecule has 4 aromatic rings.